The minimum Gasteiger partial charge on any atom is -0.288 e. The third-order valence-corrected chi connectivity index (χ3v) is 5.16. The third kappa shape index (κ3) is 2.48. The number of hydrogen-bond donors (Lipinski definition) is 0. The first kappa shape index (κ1) is 13.9. The number of quaternary nitrogens is 1. The molecule has 0 aliphatic carbocycles. The van der Waals surface area contributed by atoms with E-state index in [1.807, 2.05) is 0 Å². The van der Waals surface area contributed by atoms with E-state index in [2.05, 4.69) is 14.7 Å². The Morgan fingerprint density at radius 3 is 2.10 bits per heavy atom. The minimum atomic E-state index is 0.138. The molecule has 0 amide bonds. The molecule has 0 atom stereocenters. The van der Waals surface area contributed by atoms with Gasteiger partial charge in [0.1, 0.15) is 26.6 Å². The minimum absolute atomic E-state index is 0.138. The van der Waals surface area contributed by atoms with Crippen LogP contribution in [-0.2, 0) is 0 Å². The summed E-state index contributed by atoms with van der Waals surface area (Å²) in [6.45, 7) is 6.47. The average Bonchev–Trinajstić information content (AvgIpc) is 2.39. The van der Waals surface area contributed by atoms with Gasteiger partial charge in [0.2, 0.25) is 5.78 Å². The Balaban J connectivity index is 1.55. The molecule has 112 valence electrons. The molecule has 0 unspecified atom stereocenters. The van der Waals surface area contributed by atoms with Gasteiger partial charge in [-0.15, -0.1) is 0 Å². The average molecular weight is 328 g/mol. The van der Waals surface area contributed by atoms with E-state index in [-0.39, 0.29) is 5.78 Å². The van der Waals surface area contributed by atoms with Crippen molar-refractivity contribution >= 4 is 29.0 Å². The number of rotatable bonds is 3. The molecule has 0 aromatic heterocycles. The van der Waals surface area contributed by atoms with Gasteiger partial charge in [-0.2, -0.15) is 0 Å². The van der Waals surface area contributed by atoms with Crippen LogP contribution >= 0.6 is 23.2 Å². The summed E-state index contributed by atoms with van der Waals surface area (Å²) in [7, 11) is 0. The first-order valence-electron chi connectivity index (χ1n) is 7.03. The molecular weight excluding hydrogens is 311 g/mol. The van der Waals surface area contributed by atoms with Crippen LogP contribution in [0.3, 0.4) is 0 Å². The van der Waals surface area contributed by atoms with Gasteiger partial charge in [-0.05, 0) is 18.2 Å². The van der Waals surface area contributed by atoms with Crippen molar-refractivity contribution in [2.45, 2.75) is 0 Å². The Morgan fingerprint density at radius 2 is 1.57 bits per heavy atom. The zero-order valence-corrected chi connectivity index (χ0v) is 13.1. The van der Waals surface area contributed by atoms with Crippen LogP contribution in [0.2, 0.25) is 10.0 Å². The standard InChI is InChI=1S/C14H17Cl2N4O/c15-12-2-1-11(3-13(12)16)14(21)4-20-8-17-5-18(9-20)7-19(6-17)10-20/h1-3H,4-10H2/q+1. The van der Waals surface area contributed by atoms with Gasteiger partial charge in [0.15, 0.2) is 0 Å². The van der Waals surface area contributed by atoms with Crippen molar-refractivity contribution < 1.29 is 9.28 Å². The topological polar surface area (TPSA) is 26.8 Å². The number of halogens is 2. The molecule has 4 aliphatic heterocycles. The zero-order chi connectivity index (χ0) is 14.6. The number of benzene rings is 1. The highest BCUT2D eigenvalue weighted by Crippen LogP contribution is 2.29. The van der Waals surface area contributed by atoms with E-state index < -0.39 is 0 Å². The van der Waals surface area contributed by atoms with E-state index in [9.17, 15) is 4.79 Å². The van der Waals surface area contributed by atoms with Crippen molar-refractivity contribution in [3.05, 3.63) is 33.8 Å². The molecule has 7 heteroatoms. The lowest BCUT2D eigenvalue weighted by Crippen LogP contribution is -2.79. The lowest BCUT2D eigenvalue weighted by atomic mass is 10.1. The summed E-state index contributed by atoms with van der Waals surface area (Å²) in [5.74, 6) is 0.138. The predicted octanol–water partition coefficient (Wildman–Crippen LogP) is 1.68. The smallest absolute Gasteiger partial charge is 0.217 e. The Labute approximate surface area is 133 Å². The Morgan fingerprint density at radius 1 is 1.00 bits per heavy atom. The van der Waals surface area contributed by atoms with E-state index in [1.165, 1.54) is 0 Å². The van der Waals surface area contributed by atoms with Gasteiger partial charge in [0, 0.05) is 5.56 Å². The van der Waals surface area contributed by atoms with E-state index in [0.29, 0.717) is 22.2 Å². The Kier molecular flexibility index (Phi) is 3.26. The van der Waals surface area contributed by atoms with Crippen LogP contribution in [0, 0.1) is 0 Å². The summed E-state index contributed by atoms with van der Waals surface area (Å²) >= 11 is 11.9. The van der Waals surface area contributed by atoms with E-state index in [1.54, 1.807) is 18.2 Å². The lowest BCUT2D eigenvalue weighted by molar-refractivity contribution is -0.973. The first-order chi connectivity index (χ1) is 10.0. The number of Topliss-reactive ketones (excluding diaryl/α,β-unsaturated/α-hetero) is 1. The summed E-state index contributed by atoms with van der Waals surface area (Å²) in [5, 5.41) is 0.928. The van der Waals surface area contributed by atoms with Gasteiger partial charge in [0.05, 0.1) is 30.1 Å². The quantitative estimate of drug-likeness (QED) is 0.623. The van der Waals surface area contributed by atoms with Crippen LogP contribution in [0.15, 0.2) is 18.2 Å². The molecule has 0 radical (unpaired) electrons. The molecular formula is C14H17Cl2N4O+. The first-order valence-corrected chi connectivity index (χ1v) is 7.79. The van der Waals surface area contributed by atoms with Crippen molar-refractivity contribution in [1.29, 1.82) is 0 Å². The molecule has 4 aliphatic rings. The van der Waals surface area contributed by atoms with Gasteiger partial charge in [-0.25, -0.2) is 14.7 Å². The SMILES string of the molecule is O=C(C[N+]12CN3CN(CN(C3)C1)C2)c1ccc(Cl)c(Cl)c1. The fourth-order valence-corrected chi connectivity index (χ4v) is 4.17. The maximum Gasteiger partial charge on any atom is 0.217 e. The molecule has 1 aromatic carbocycles. The van der Waals surface area contributed by atoms with Crippen molar-refractivity contribution in [1.82, 2.24) is 14.7 Å². The van der Waals surface area contributed by atoms with Gasteiger partial charge in [0.25, 0.3) is 0 Å². The largest absolute Gasteiger partial charge is 0.288 e. The molecule has 4 saturated heterocycles. The van der Waals surface area contributed by atoms with E-state index >= 15 is 0 Å². The van der Waals surface area contributed by atoms with E-state index in [0.717, 1.165) is 44.5 Å². The zero-order valence-electron chi connectivity index (χ0n) is 11.6. The van der Waals surface area contributed by atoms with Crippen molar-refractivity contribution in [3.63, 3.8) is 0 Å². The molecule has 0 N–H and O–H groups in total. The number of carbonyl (C=O) groups is 1. The molecule has 5 nitrogen and oxygen atoms in total. The van der Waals surface area contributed by atoms with Gasteiger partial charge in [-0.1, -0.05) is 23.2 Å². The van der Waals surface area contributed by atoms with Crippen LogP contribution in [0.1, 0.15) is 10.4 Å². The molecule has 4 heterocycles. The van der Waals surface area contributed by atoms with Gasteiger partial charge < -0.3 is 0 Å². The summed E-state index contributed by atoms with van der Waals surface area (Å²) in [5.41, 5.74) is 0.651. The fraction of sp³-hybridized carbons (Fsp3) is 0.500. The number of nitrogens with zero attached hydrogens (tertiary/aromatic N) is 4. The highest BCUT2D eigenvalue weighted by atomic mass is 35.5. The second-order valence-corrected chi connectivity index (χ2v) is 7.23. The number of hydrogen-bond acceptors (Lipinski definition) is 4. The third-order valence-electron chi connectivity index (χ3n) is 4.42. The lowest BCUT2D eigenvalue weighted by Gasteiger charge is -2.60. The monoisotopic (exact) mass is 327 g/mol. The normalized spacial score (nSPS) is 37.0. The maximum atomic E-state index is 12.6. The second kappa shape index (κ2) is 4.91. The van der Waals surface area contributed by atoms with Crippen LogP contribution in [0.4, 0.5) is 0 Å². The summed E-state index contributed by atoms with van der Waals surface area (Å²) < 4.78 is 0.805. The van der Waals surface area contributed by atoms with Gasteiger partial charge in [-0.3, -0.25) is 9.28 Å². The second-order valence-electron chi connectivity index (χ2n) is 6.41. The fourth-order valence-electron chi connectivity index (χ4n) is 3.87. The van der Waals surface area contributed by atoms with E-state index in [4.69, 9.17) is 23.2 Å². The van der Waals surface area contributed by atoms with Crippen molar-refractivity contribution in [2.75, 3.05) is 46.6 Å². The number of ketones is 1. The summed E-state index contributed by atoms with van der Waals surface area (Å²) in [6.07, 6.45) is 0. The number of carbonyl (C=O) groups excluding carboxylic acids is 1. The molecule has 1 aromatic rings. The Hall–Kier alpha value is -0.690. The van der Waals surface area contributed by atoms with Crippen molar-refractivity contribution in [3.8, 4) is 0 Å². The van der Waals surface area contributed by atoms with Crippen LogP contribution in [0.25, 0.3) is 0 Å². The highest BCUT2D eigenvalue weighted by Gasteiger charge is 2.49. The maximum absolute atomic E-state index is 12.6. The molecule has 0 spiro atoms. The molecule has 0 saturated carbocycles. The van der Waals surface area contributed by atoms with Crippen molar-refractivity contribution in [2.24, 2.45) is 0 Å². The summed E-state index contributed by atoms with van der Waals surface area (Å²) in [6, 6.07) is 5.14. The van der Waals surface area contributed by atoms with Crippen LogP contribution in [-0.4, -0.2) is 71.5 Å². The summed E-state index contributed by atoms with van der Waals surface area (Å²) in [4.78, 5) is 19.8. The van der Waals surface area contributed by atoms with Gasteiger partial charge >= 0.3 is 0 Å². The Bertz CT molecular complexity index is 571. The molecule has 4 bridgehead atoms. The van der Waals surface area contributed by atoms with Crippen LogP contribution < -0.4 is 0 Å². The molecule has 4 fully saturated rings. The van der Waals surface area contributed by atoms with Crippen LogP contribution in [0.5, 0.6) is 0 Å². The molecule has 21 heavy (non-hydrogen) atoms. The highest BCUT2D eigenvalue weighted by molar-refractivity contribution is 6.42. The predicted molar refractivity (Wildman–Crippen MR) is 80.6 cm³/mol. The molecule has 5 rings (SSSR count).